The van der Waals surface area contributed by atoms with Crippen LogP contribution in [0.2, 0.25) is 0 Å². The van der Waals surface area contributed by atoms with Crippen molar-refractivity contribution in [3.05, 3.63) is 0 Å². The molecular formula is C15H30N2O2. The van der Waals surface area contributed by atoms with E-state index >= 15 is 0 Å². The molecule has 0 aromatic heterocycles. The Morgan fingerprint density at radius 2 is 1.84 bits per heavy atom. The van der Waals surface area contributed by atoms with Gasteiger partial charge in [0.2, 0.25) is 5.91 Å². The summed E-state index contributed by atoms with van der Waals surface area (Å²) in [6.07, 6.45) is 5.42. The van der Waals surface area contributed by atoms with Gasteiger partial charge in [0.15, 0.2) is 0 Å². The molecule has 1 amide bonds. The number of carbonyl (C=O) groups excluding carboxylic acids is 1. The van der Waals surface area contributed by atoms with Crippen molar-refractivity contribution < 1.29 is 9.53 Å². The van der Waals surface area contributed by atoms with Crippen LogP contribution < -0.4 is 5.73 Å². The lowest BCUT2D eigenvalue weighted by Gasteiger charge is -2.29. The molecule has 19 heavy (non-hydrogen) atoms. The number of rotatable bonds is 8. The molecule has 0 aromatic rings. The van der Waals surface area contributed by atoms with Crippen molar-refractivity contribution in [2.45, 2.75) is 46.0 Å². The van der Waals surface area contributed by atoms with Crippen LogP contribution in [-0.4, -0.2) is 43.7 Å². The molecule has 0 spiro atoms. The van der Waals surface area contributed by atoms with Crippen LogP contribution in [-0.2, 0) is 9.53 Å². The normalized spacial score (nSPS) is 23.3. The lowest BCUT2D eigenvalue weighted by atomic mass is 9.80. The maximum Gasteiger partial charge on any atom is 0.222 e. The average Bonchev–Trinajstić information content (AvgIpc) is 2.44. The molecule has 0 radical (unpaired) electrons. The molecule has 1 rings (SSSR count). The van der Waals surface area contributed by atoms with Crippen LogP contribution in [0.3, 0.4) is 0 Å². The van der Waals surface area contributed by atoms with E-state index in [0.717, 1.165) is 39.1 Å². The van der Waals surface area contributed by atoms with E-state index in [1.807, 2.05) is 18.7 Å². The molecule has 0 aromatic carbocycles. The highest BCUT2D eigenvalue weighted by atomic mass is 16.5. The SMILES string of the molecule is CCOCCN(CC)C(=O)CC1CCC(CN)CC1. The van der Waals surface area contributed by atoms with Crippen molar-refractivity contribution in [1.29, 1.82) is 0 Å². The molecular weight excluding hydrogens is 240 g/mol. The largest absolute Gasteiger partial charge is 0.380 e. The quantitative estimate of drug-likeness (QED) is 0.687. The van der Waals surface area contributed by atoms with Crippen molar-refractivity contribution in [3.8, 4) is 0 Å². The Bertz CT molecular complexity index is 251. The zero-order chi connectivity index (χ0) is 14.1. The predicted molar refractivity (Wildman–Crippen MR) is 77.9 cm³/mol. The van der Waals surface area contributed by atoms with Gasteiger partial charge in [-0.1, -0.05) is 0 Å². The fourth-order valence-corrected chi connectivity index (χ4v) is 2.83. The Balaban J connectivity index is 2.28. The van der Waals surface area contributed by atoms with Gasteiger partial charge in [-0.2, -0.15) is 0 Å². The number of hydrogen-bond acceptors (Lipinski definition) is 3. The van der Waals surface area contributed by atoms with E-state index in [1.54, 1.807) is 0 Å². The van der Waals surface area contributed by atoms with Gasteiger partial charge in [0, 0.05) is 26.1 Å². The van der Waals surface area contributed by atoms with Crippen LogP contribution in [0.25, 0.3) is 0 Å². The van der Waals surface area contributed by atoms with Gasteiger partial charge in [-0.05, 0) is 57.9 Å². The summed E-state index contributed by atoms with van der Waals surface area (Å²) >= 11 is 0. The van der Waals surface area contributed by atoms with Gasteiger partial charge in [-0.25, -0.2) is 0 Å². The van der Waals surface area contributed by atoms with Gasteiger partial charge in [-0.3, -0.25) is 4.79 Å². The smallest absolute Gasteiger partial charge is 0.222 e. The highest BCUT2D eigenvalue weighted by molar-refractivity contribution is 5.76. The van der Waals surface area contributed by atoms with Crippen LogP contribution in [0.15, 0.2) is 0 Å². The number of carbonyl (C=O) groups is 1. The summed E-state index contributed by atoms with van der Waals surface area (Å²) in [6.45, 7) is 7.69. The van der Waals surface area contributed by atoms with Crippen LogP contribution in [0, 0.1) is 11.8 Å². The van der Waals surface area contributed by atoms with E-state index in [0.29, 0.717) is 30.8 Å². The zero-order valence-corrected chi connectivity index (χ0v) is 12.6. The van der Waals surface area contributed by atoms with Crippen molar-refractivity contribution in [2.75, 3.05) is 32.8 Å². The van der Waals surface area contributed by atoms with Gasteiger partial charge >= 0.3 is 0 Å². The van der Waals surface area contributed by atoms with Crippen LogP contribution in [0.1, 0.15) is 46.0 Å². The molecule has 0 saturated heterocycles. The first-order chi connectivity index (χ1) is 9.21. The molecule has 0 unspecified atom stereocenters. The van der Waals surface area contributed by atoms with Crippen LogP contribution in [0.5, 0.6) is 0 Å². The third kappa shape index (κ3) is 5.91. The molecule has 4 nitrogen and oxygen atoms in total. The minimum absolute atomic E-state index is 0.290. The van der Waals surface area contributed by atoms with E-state index in [1.165, 1.54) is 12.8 Å². The first-order valence-corrected chi connectivity index (χ1v) is 7.76. The van der Waals surface area contributed by atoms with E-state index in [2.05, 4.69) is 0 Å². The number of hydrogen-bond donors (Lipinski definition) is 1. The molecule has 1 aliphatic rings. The number of nitrogens with two attached hydrogens (primary N) is 1. The Morgan fingerprint density at radius 1 is 1.21 bits per heavy atom. The van der Waals surface area contributed by atoms with Crippen molar-refractivity contribution in [2.24, 2.45) is 17.6 Å². The minimum atomic E-state index is 0.290. The lowest BCUT2D eigenvalue weighted by Crippen LogP contribution is -2.35. The summed E-state index contributed by atoms with van der Waals surface area (Å²) < 4.78 is 5.33. The second-order valence-corrected chi connectivity index (χ2v) is 5.50. The number of amides is 1. The first-order valence-electron chi connectivity index (χ1n) is 7.76. The Morgan fingerprint density at radius 3 is 2.37 bits per heavy atom. The van der Waals surface area contributed by atoms with Gasteiger partial charge in [0.1, 0.15) is 0 Å². The van der Waals surface area contributed by atoms with E-state index < -0.39 is 0 Å². The maximum absolute atomic E-state index is 12.2. The average molecular weight is 270 g/mol. The summed E-state index contributed by atoms with van der Waals surface area (Å²) in [5.41, 5.74) is 5.70. The Kier molecular flexibility index (Phi) is 8.07. The van der Waals surface area contributed by atoms with Gasteiger partial charge in [-0.15, -0.1) is 0 Å². The molecule has 1 saturated carbocycles. The molecule has 0 aliphatic heterocycles. The van der Waals surface area contributed by atoms with Crippen LogP contribution >= 0.6 is 0 Å². The van der Waals surface area contributed by atoms with Crippen LogP contribution in [0.4, 0.5) is 0 Å². The number of likely N-dealkylation sites (N-methyl/N-ethyl adjacent to an activating group) is 1. The topological polar surface area (TPSA) is 55.6 Å². The molecule has 4 heteroatoms. The Labute approximate surface area is 117 Å². The lowest BCUT2D eigenvalue weighted by molar-refractivity contribution is -0.133. The summed E-state index contributed by atoms with van der Waals surface area (Å²) in [5.74, 6) is 1.54. The second kappa shape index (κ2) is 9.32. The first kappa shape index (κ1) is 16.4. The molecule has 0 atom stereocenters. The summed E-state index contributed by atoms with van der Waals surface area (Å²) in [6, 6.07) is 0. The molecule has 1 fully saturated rings. The maximum atomic E-state index is 12.2. The molecule has 1 aliphatic carbocycles. The zero-order valence-electron chi connectivity index (χ0n) is 12.6. The van der Waals surface area contributed by atoms with E-state index in [9.17, 15) is 4.79 Å². The summed E-state index contributed by atoms with van der Waals surface area (Å²) in [4.78, 5) is 14.2. The standard InChI is InChI=1S/C15H30N2O2/c1-3-17(9-10-19-4-2)15(18)11-13-5-7-14(12-16)8-6-13/h13-14H,3-12,16H2,1-2H3. The number of ether oxygens (including phenoxy) is 1. The molecule has 112 valence electrons. The van der Waals surface area contributed by atoms with Crippen molar-refractivity contribution in [1.82, 2.24) is 4.90 Å². The molecule has 0 heterocycles. The summed E-state index contributed by atoms with van der Waals surface area (Å²) in [7, 11) is 0. The summed E-state index contributed by atoms with van der Waals surface area (Å²) in [5, 5.41) is 0. The highest BCUT2D eigenvalue weighted by Gasteiger charge is 2.23. The van der Waals surface area contributed by atoms with Gasteiger partial charge in [0.05, 0.1) is 6.61 Å². The predicted octanol–water partition coefficient (Wildman–Crippen LogP) is 2.03. The van der Waals surface area contributed by atoms with Gasteiger partial charge in [0.25, 0.3) is 0 Å². The monoisotopic (exact) mass is 270 g/mol. The van der Waals surface area contributed by atoms with Crippen molar-refractivity contribution >= 4 is 5.91 Å². The minimum Gasteiger partial charge on any atom is -0.380 e. The fourth-order valence-electron chi connectivity index (χ4n) is 2.83. The fraction of sp³-hybridized carbons (Fsp3) is 0.933. The third-order valence-corrected chi connectivity index (χ3v) is 4.21. The second-order valence-electron chi connectivity index (χ2n) is 5.50. The number of nitrogens with zero attached hydrogens (tertiary/aromatic N) is 1. The van der Waals surface area contributed by atoms with Gasteiger partial charge < -0.3 is 15.4 Å². The van der Waals surface area contributed by atoms with E-state index in [4.69, 9.17) is 10.5 Å². The highest BCUT2D eigenvalue weighted by Crippen LogP contribution is 2.30. The Hall–Kier alpha value is -0.610. The van der Waals surface area contributed by atoms with E-state index in [-0.39, 0.29) is 0 Å². The molecule has 2 N–H and O–H groups in total. The molecule has 0 bridgehead atoms. The van der Waals surface area contributed by atoms with Crippen molar-refractivity contribution in [3.63, 3.8) is 0 Å². The third-order valence-electron chi connectivity index (χ3n) is 4.21.